The fourth-order valence-electron chi connectivity index (χ4n) is 1.71. The Balaban J connectivity index is 2.37. The van der Waals surface area contributed by atoms with Crippen molar-refractivity contribution in [1.29, 1.82) is 0 Å². The third-order valence-electron chi connectivity index (χ3n) is 2.77. The van der Waals surface area contributed by atoms with Gasteiger partial charge in [-0.1, -0.05) is 6.07 Å². The van der Waals surface area contributed by atoms with E-state index in [1.54, 1.807) is 19.1 Å². The van der Waals surface area contributed by atoms with E-state index in [-0.39, 0.29) is 22.8 Å². The number of nitrogens with one attached hydrogen (secondary N) is 1. The van der Waals surface area contributed by atoms with Crippen LogP contribution in [0.2, 0.25) is 0 Å². The number of nitrogens with two attached hydrogens (primary N) is 1. The molecule has 3 N–H and O–H groups in total. The van der Waals surface area contributed by atoms with Gasteiger partial charge in [0.1, 0.15) is 5.82 Å². The number of anilines is 3. The molecule has 0 amide bonds. The molecule has 2 aromatic rings. The number of nitrogen functional groups attached to an aromatic ring is 1. The molecule has 1 heterocycles. The molecule has 0 bridgehead atoms. The lowest BCUT2D eigenvalue weighted by Gasteiger charge is -2.11. The summed E-state index contributed by atoms with van der Waals surface area (Å²) in [5.74, 6) is -0.789. The number of aryl methyl sites for hydroxylation is 1. The van der Waals surface area contributed by atoms with Gasteiger partial charge in [-0.15, -0.1) is 0 Å². The maximum atomic E-state index is 13.8. The SMILES string of the molecule is COC(=O)c1ccnc(Nc2ccc(C)cc2F)c1N. The molecule has 0 aliphatic heterocycles. The van der Waals surface area contributed by atoms with E-state index in [4.69, 9.17) is 5.73 Å². The number of carbonyl (C=O) groups is 1. The van der Waals surface area contributed by atoms with Gasteiger partial charge in [-0.2, -0.15) is 0 Å². The molecular weight excluding hydrogens is 261 g/mol. The van der Waals surface area contributed by atoms with E-state index >= 15 is 0 Å². The third kappa shape index (κ3) is 2.69. The normalized spacial score (nSPS) is 10.2. The summed E-state index contributed by atoms with van der Waals surface area (Å²) < 4.78 is 18.4. The summed E-state index contributed by atoms with van der Waals surface area (Å²) in [6.07, 6.45) is 1.40. The van der Waals surface area contributed by atoms with E-state index in [9.17, 15) is 9.18 Å². The number of rotatable bonds is 3. The van der Waals surface area contributed by atoms with Crippen molar-refractivity contribution < 1.29 is 13.9 Å². The fraction of sp³-hybridized carbons (Fsp3) is 0.143. The Labute approximate surface area is 115 Å². The van der Waals surface area contributed by atoms with E-state index in [1.165, 1.54) is 25.4 Å². The quantitative estimate of drug-likeness (QED) is 0.842. The number of benzene rings is 1. The minimum absolute atomic E-state index is 0.110. The highest BCUT2D eigenvalue weighted by atomic mass is 19.1. The second kappa shape index (κ2) is 5.56. The largest absolute Gasteiger partial charge is 0.465 e. The van der Waals surface area contributed by atoms with Crippen LogP contribution in [0.3, 0.4) is 0 Å². The van der Waals surface area contributed by atoms with E-state index in [0.717, 1.165) is 5.56 Å². The summed E-state index contributed by atoms with van der Waals surface area (Å²) in [7, 11) is 1.26. The lowest BCUT2D eigenvalue weighted by molar-refractivity contribution is 0.0602. The summed E-state index contributed by atoms with van der Waals surface area (Å²) in [6, 6.07) is 6.17. The van der Waals surface area contributed by atoms with Crippen molar-refractivity contribution in [3.63, 3.8) is 0 Å². The zero-order chi connectivity index (χ0) is 14.7. The number of carbonyl (C=O) groups excluding carboxylic acids is 1. The van der Waals surface area contributed by atoms with Gasteiger partial charge in [0, 0.05) is 6.20 Å². The minimum atomic E-state index is -0.572. The van der Waals surface area contributed by atoms with Crippen LogP contribution in [0.15, 0.2) is 30.5 Å². The van der Waals surface area contributed by atoms with Crippen molar-refractivity contribution in [2.24, 2.45) is 0 Å². The third-order valence-corrected chi connectivity index (χ3v) is 2.77. The predicted octanol–water partition coefficient (Wildman–Crippen LogP) is 2.64. The molecule has 0 aliphatic carbocycles. The second-order valence-corrected chi connectivity index (χ2v) is 4.22. The highest BCUT2D eigenvalue weighted by Crippen LogP contribution is 2.26. The van der Waals surface area contributed by atoms with Gasteiger partial charge in [-0.3, -0.25) is 0 Å². The van der Waals surface area contributed by atoms with Crippen molar-refractivity contribution in [3.05, 3.63) is 47.4 Å². The molecule has 0 unspecified atom stereocenters. The van der Waals surface area contributed by atoms with E-state index in [2.05, 4.69) is 15.0 Å². The summed E-state index contributed by atoms with van der Waals surface area (Å²) in [4.78, 5) is 15.5. The van der Waals surface area contributed by atoms with E-state index in [0.29, 0.717) is 0 Å². The predicted molar refractivity (Wildman–Crippen MR) is 74.4 cm³/mol. The summed E-state index contributed by atoms with van der Waals surface area (Å²) >= 11 is 0. The molecule has 1 aromatic carbocycles. The average molecular weight is 275 g/mol. The number of halogens is 1. The van der Waals surface area contributed by atoms with Crippen LogP contribution in [0.5, 0.6) is 0 Å². The molecule has 5 nitrogen and oxygen atoms in total. The van der Waals surface area contributed by atoms with Crippen LogP contribution in [0, 0.1) is 12.7 Å². The van der Waals surface area contributed by atoms with Gasteiger partial charge in [0.15, 0.2) is 5.82 Å². The van der Waals surface area contributed by atoms with Gasteiger partial charge >= 0.3 is 5.97 Å². The first-order chi connectivity index (χ1) is 9.52. The van der Waals surface area contributed by atoms with Gasteiger partial charge in [0.05, 0.1) is 24.0 Å². The van der Waals surface area contributed by atoms with Crippen LogP contribution in [0.4, 0.5) is 21.6 Å². The first-order valence-electron chi connectivity index (χ1n) is 5.89. The standard InChI is InChI=1S/C14H14FN3O2/c1-8-3-4-11(10(15)7-8)18-13-12(16)9(5-6-17-13)14(19)20-2/h3-7H,16H2,1-2H3,(H,17,18). The highest BCUT2D eigenvalue weighted by molar-refractivity contribution is 5.97. The number of hydrogen-bond acceptors (Lipinski definition) is 5. The van der Waals surface area contributed by atoms with Gasteiger partial charge in [0.25, 0.3) is 0 Å². The number of ether oxygens (including phenoxy) is 1. The van der Waals surface area contributed by atoms with Crippen molar-refractivity contribution in [2.75, 3.05) is 18.2 Å². The molecule has 0 saturated carbocycles. The number of hydrogen-bond donors (Lipinski definition) is 2. The maximum Gasteiger partial charge on any atom is 0.340 e. The fourth-order valence-corrected chi connectivity index (χ4v) is 1.71. The lowest BCUT2D eigenvalue weighted by Crippen LogP contribution is -2.09. The topological polar surface area (TPSA) is 77.2 Å². The van der Waals surface area contributed by atoms with E-state index < -0.39 is 11.8 Å². The highest BCUT2D eigenvalue weighted by Gasteiger charge is 2.14. The molecule has 0 atom stereocenters. The number of methoxy groups -OCH3 is 1. The van der Waals surface area contributed by atoms with Gasteiger partial charge in [-0.25, -0.2) is 14.2 Å². The summed E-state index contributed by atoms with van der Waals surface area (Å²) in [5, 5.41) is 2.77. The van der Waals surface area contributed by atoms with Gasteiger partial charge < -0.3 is 15.8 Å². The molecule has 104 valence electrons. The van der Waals surface area contributed by atoms with Crippen LogP contribution in [-0.2, 0) is 4.74 Å². The van der Waals surface area contributed by atoms with Crippen LogP contribution in [0.1, 0.15) is 15.9 Å². The van der Waals surface area contributed by atoms with Crippen LogP contribution in [-0.4, -0.2) is 18.1 Å². The molecule has 20 heavy (non-hydrogen) atoms. The zero-order valence-corrected chi connectivity index (χ0v) is 11.1. The Bertz CT molecular complexity index is 659. The molecule has 0 spiro atoms. The molecule has 0 radical (unpaired) electrons. The average Bonchev–Trinajstić information content (AvgIpc) is 2.43. The second-order valence-electron chi connectivity index (χ2n) is 4.22. The maximum absolute atomic E-state index is 13.8. The molecule has 0 saturated heterocycles. The molecule has 0 fully saturated rings. The van der Waals surface area contributed by atoms with Crippen molar-refractivity contribution in [2.45, 2.75) is 6.92 Å². The molecule has 6 heteroatoms. The van der Waals surface area contributed by atoms with Crippen molar-refractivity contribution in [3.8, 4) is 0 Å². The van der Waals surface area contributed by atoms with Crippen molar-refractivity contribution >= 4 is 23.2 Å². The Morgan fingerprint density at radius 1 is 1.40 bits per heavy atom. The number of nitrogens with zero attached hydrogens (tertiary/aromatic N) is 1. The zero-order valence-electron chi connectivity index (χ0n) is 11.1. The Morgan fingerprint density at radius 3 is 2.80 bits per heavy atom. The van der Waals surface area contributed by atoms with E-state index in [1.807, 2.05) is 0 Å². The Kier molecular flexibility index (Phi) is 3.84. The van der Waals surface area contributed by atoms with Gasteiger partial charge in [0.2, 0.25) is 0 Å². The smallest absolute Gasteiger partial charge is 0.340 e. The molecule has 2 rings (SSSR count). The minimum Gasteiger partial charge on any atom is -0.465 e. The molecule has 0 aliphatic rings. The summed E-state index contributed by atoms with van der Waals surface area (Å²) in [5.41, 5.74) is 7.16. The number of pyridine rings is 1. The monoisotopic (exact) mass is 275 g/mol. The lowest BCUT2D eigenvalue weighted by atomic mass is 10.2. The number of aromatic nitrogens is 1. The Hall–Kier alpha value is -2.63. The molecular formula is C14H14FN3O2. The first kappa shape index (κ1) is 13.8. The molecule has 1 aromatic heterocycles. The van der Waals surface area contributed by atoms with Crippen LogP contribution in [0.25, 0.3) is 0 Å². The first-order valence-corrected chi connectivity index (χ1v) is 5.89. The number of esters is 1. The van der Waals surface area contributed by atoms with Crippen LogP contribution < -0.4 is 11.1 Å². The van der Waals surface area contributed by atoms with Gasteiger partial charge in [-0.05, 0) is 30.7 Å². The van der Waals surface area contributed by atoms with Crippen LogP contribution >= 0.6 is 0 Å². The summed E-state index contributed by atoms with van der Waals surface area (Å²) in [6.45, 7) is 1.79. The van der Waals surface area contributed by atoms with Crippen molar-refractivity contribution in [1.82, 2.24) is 4.98 Å². The Morgan fingerprint density at radius 2 is 2.15 bits per heavy atom.